The Morgan fingerprint density at radius 1 is 1.23 bits per heavy atom. The summed E-state index contributed by atoms with van der Waals surface area (Å²) in [7, 11) is 1.75. The highest BCUT2D eigenvalue weighted by molar-refractivity contribution is 6.33. The Morgan fingerprint density at radius 2 is 1.94 bits per heavy atom. The molecular formula is C23H34ClN5O2. The van der Waals surface area contributed by atoms with E-state index < -0.39 is 0 Å². The van der Waals surface area contributed by atoms with Crippen LogP contribution in [0.2, 0.25) is 5.15 Å². The monoisotopic (exact) mass is 447 g/mol. The van der Waals surface area contributed by atoms with Crippen molar-refractivity contribution in [3.05, 3.63) is 22.5 Å². The number of nitrogens with zero attached hydrogens (tertiary/aromatic N) is 5. The zero-order chi connectivity index (χ0) is 22.4. The van der Waals surface area contributed by atoms with Gasteiger partial charge >= 0.3 is 0 Å². The van der Waals surface area contributed by atoms with Gasteiger partial charge in [0.05, 0.1) is 0 Å². The first-order chi connectivity index (χ1) is 14.6. The molecule has 7 nitrogen and oxygen atoms in total. The Balaban J connectivity index is 1.52. The number of amides is 1. The highest BCUT2D eigenvalue weighted by Crippen LogP contribution is 2.41. The number of rotatable bonds is 3. The molecule has 0 radical (unpaired) electrons. The number of aryl methyl sites for hydroxylation is 2. The summed E-state index contributed by atoms with van der Waals surface area (Å²) >= 11 is 6.53. The topological polar surface area (TPSA) is 67.4 Å². The van der Waals surface area contributed by atoms with Crippen LogP contribution in [0.5, 0.6) is 0 Å². The fourth-order valence-electron chi connectivity index (χ4n) is 5.15. The van der Waals surface area contributed by atoms with E-state index >= 15 is 0 Å². The van der Waals surface area contributed by atoms with Crippen LogP contribution in [0.25, 0.3) is 11.4 Å². The summed E-state index contributed by atoms with van der Waals surface area (Å²) in [5.74, 6) is 0.624. The lowest BCUT2D eigenvalue weighted by molar-refractivity contribution is 0.0151. The van der Waals surface area contributed by atoms with Crippen LogP contribution in [0.4, 0.5) is 0 Å². The molecule has 0 aliphatic carbocycles. The van der Waals surface area contributed by atoms with Crippen molar-refractivity contribution in [3.8, 4) is 11.4 Å². The summed E-state index contributed by atoms with van der Waals surface area (Å²) in [6, 6.07) is 1.79. The molecule has 0 atom stereocenters. The molecule has 2 saturated heterocycles. The molecule has 0 unspecified atom stereocenters. The van der Waals surface area contributed by atoms with Crippen LogP contribution in [0.15, 0.2) is 10.6 Å². The third-order valence-corrected chi connectivity index (χ3v) is 7.06. The van der Waals surface area contributed by atoms with Crippen molar-refractivity contribution in [1.82, 2.24) is 24.7 Å². The maximum Gasteiger partial charge on any atom is 0.259 e. The second kappa shape index (κ2) is 8.24. The first-order valence-electron chi connectivity index (χ1n) is 11.2. The van der Waals surface area contributed by atoms with E-state index in [1.54, 1.807) is 17.8 Å². The molecule has 2 aliphatic heterocycles. The number of aromatic nitrogens is 3. The van der Waals surface area contributed by atoms with Crippen molar-refractivity contribution in [2.24, 2.45) is 17.9 Å². The Kier molecular flexibility index (Phi) is 5.94. The number of likely N-dealkylation sites (tertiary alicyclic amines) is 2. The Hall–Kier alpha value is -1.86. The predicted octanol–water partition coefficient (Wildman–Crippen LogP) is 4.40. The SMILES string of the molecule is Cc1cc(-c2nn(C)c(Cl)c2C(=O)N2CCCC3(CCN(CC(C)(C)C)CC3)C2)no1. The van der Waals surface area contributed by atoms with Gasteiger partial charge in [0, 0.05) is 32.7 Å². The molecule has 4 heterocycles. The highest BCUT2D eigenvalue weighted by Gasteiger charge is 2.41. The van der Waals surface area contributed by atoms with E-state index in [-0.39, 0.29) is 11.3 Å². The van der Waals surface area contributed by atoms with Crippen molar-refractivity contribution in [1.29, 1.82) is 0 Å². The van der Waals surface area contributed by atoms with E-state index in [1.807, 2.05) is 11.8 Å². The third kappa shape index (κ3) is 4.67. The average molecular weight is 448 g/mol. The quantitative estimate of drug-likeness (QED) is 0.697. The van der Waals surface area contributed by atoms with E-state index in [1.165, 1.54) is 6.42 Å². The van der Waals surface area contributed by atoms with Crippen LogP contribution in [-0.2, 0) is 7.05 Å². The normalized spacial score (nSPS) is 19.9. The standard InChI is InChI=1S/C23H34ClN5O2/c1-16-13-17(26-31-16)19-18(20(24)27(5)25-19)21(30)29-10-6-7-23(15-29)8-11-28(12-9-23)14-22(2,3)4/h13H,6-12,14-15H2,1-5H3. The molecule has 0 aromatic carbocycles. The van der Waals surface area contributed by atoms with Gasteiger partial charge in [-0.2, -0.15) is 5.10 Å². The van der Waals surface area contributed by atoms with Gasteiger partial charge in [0.2, 0.25) is 0 Å². The third-order valence-electron chi connectivity index (χ3n) is 6.62. The van der Waals surface area contributed by atoms with Crippen LogP contribution in [0, 0.1) is 17.8 Å². The minimum Gasteiger partial charge on any atom is -0.361 e. The van der Waals surface area contributed by atoms with Crippen molar-refractivity contribution in [2.75, 3.05) is 32.7 Å². The molecule has 170 valence electrons. The van der Waals surface area contributed by atoms with Gasteiger partial charge in [0.25, 0.3) is 5.91 Å². The van der Waals surface area contributed by atoms with Gasteiger partial charge in [0.15, 0.2) is 0 Å². The van der Waals surface area contributed by atoms with Crippen molar-refractivity contribution >= 4 is 17.5 Å². The summed E-state index contributed by atoms with van der Waals surface area (Å²) in [4.78, 5) is 18.2. The van der Waals surface area contributed by atoms with Gasteiger partial charge in [-0.1, -0.05) is 37.5 Å². The number of hydrogen-bond donors (Lipinski definition) is 0. The van der Waals surface area contributed by atoms with Crippen LogP contribution < -0.4 is 0 Å². The van der Waals surface area contributed by atoms with Crippen LogP contribution >= 0.6 is 11.6 Å². The molecule has 0 saturated carbocycles. The molecule has 0 N–H and O–H groups in total. The fourth-order valence-corrected chi connectivity index (χ4v) is 5.36. The minimum absolute atomic E-state index is 0.0510. The van der Waals surface area contributed by atoms with Crippen LogP contribution in [0.1, 0.15) is 62.6 Å². The summed E-state index contributed by atoms with van der Waals surface area (Å²) in [5, 5.41) is 8.88. The van der Waals surface area contributed by atoms with Gasteiger partial charge in [0.1, 0.15) is 27.9 Å². The van der Waals surface area contributed by atoms with E-state index in [2.05, 4.69) is 35.9 Å². The lowest BCUT2D eigenvalue weighted by Gasteiger charge is -2.48. The van der Waals surface area contributed by atoms with E-state index in [9.17, 15) is 4.79 Å². The minimum atomic E-state index is -0.0510. The van der Waals surface area contributed by atoms with Crippen LogP contribution in [-0.4, -0.2) is 63.4 Å². The predicted molar refractivity (Wildman–Crippen MR) is 121 cm³/mol. The molecule has 31 heavy (non-hydrogen) atoms. The maximum absolute atomic E-state index is 13.6. The maximum atomic E-state index is 13.6. The number of hydrogen-bond acceptors (Lipinski definition) is 5. The number of halogens is 1. The molecule has 1 amide bonds. The lowest BCUT2D eigenvalue weighted by Crippen LogP contribution is -2.52. The molecular weight excluding hydrogens is 414 g/mol. The van der Waals surface area contributed by atoms with E-state index in [4.69, 9.17) is 16.1 Å². The van der Waals surface area contributed by atoms with Crippen molar-refractivity contribution in [2.45, 2.75) is 53.4 Å². The molecule has 4 rings (SSSR count). The average Bonchev–Trinajstić information content (AvgIpc) is 3.26. The lowest BCUT2D eigenvalue weighted by atomic mass is 9.72. The molecule has 2 aromatic rings. The molecule has 8 heteroatoms. The number of piperidine rings is 2. The van der Waals surface area contributed by atoms with E-state index in [0.717, 1.165) is 52.0 Å². The molecule has 2 fully saturated rings. The molecule has 0 bridgehead atoms. The highest BCUT2D eigenvalue weighted by atomic mass is 35.5. The van der Waals surface area contributed by atoms with Crippen molar-refractivity contribution < 1.29 is 9.32 Å². The number of carbonyl (C=O) groups excluding carboxylic acids is 1. The Morgan fingerprint density at radius 3 is 2.55 bits per heavy atom. The summed E-state index contributed by atoms with van der Waals surface area (Å²) in [6.45, 7) is 13.6. The first kappa shape index (κ1) is 22.3. The fraction of sp³-hybridized carbons (Fsp3) is 0.696. The second-order valence-electron chi connectivity index (χ2n) is 10.6. The van der Waals surface area contributed by atoms with Crippen LogP contribution in [0.3, 0.4) is 0 Å². The molecule has 1 spiro atoms. The summed E-state index contributed by atoms with van der Waals surface area (Å²) < 4.78 is 6.75. The van der Waals surface area contributed by atoms with Gasteiger partial charge in [-0.15, -0.1) is 0 Å². The first-order valence-corrected chi connectivity index (χ1v) is 11.6. The van der Waals surface area contributed by atoms with Gasteiger partial charge < -0.3 is 14.3 Å². The van der Waals surface area contributed by atoms with Gasteiger partial charge in [-0.25, -0.2) is 0 Å². The van der Waals surface area contributed by atoms with E-state index in [0.29, 0.717) is 33.3 Å². The zero-order valence-corrected chi connectivity index (χ0v) is 20.1. The second-order valence-corrected chi connectivity index (χ2v) is 11.0. The summed E-state index contributed by atoms with van der Waals surface area (Å²) in [6.07, 6.45) is 4.50. The van der Waals surface area contributed by atoms with Gasteiger partial charge in [-0.3, -0.25) is 9.48 Å². The molecule has 2 aliphatic rings. The van der Waals surface area contributed by atoms with Crippen molar-refractivity contribution in [3.63, 3.8) is 0 Å². The Bertz CT molecular complexity index is 950. The van der Waals surface area contributed by atoms with Gasteiger partial charge in [-0.05, 0) is 56.5 Å². The smallest absolute Gasteiger partial charge is 0.259 e. The molecule has 2 aromatic heterocycles. The number of carbonyl (C=O) groups is 1. The Labute approximate surface area is 189 Å². The zero-order valence-electron chi connectivity index (χ0n) is 19.4. The largest absolute Gasteiger partial charge is 0.361 e. The summed E-state index contributed by atoms with van der Waals surface area (Å²) in [5.41, 5.74) is 1.99.